The minimum absolute atomic E-state index is 0.163. The maximum atomic E-state index is 12.1. The number of nitrogens with zero attached hydrogens (tertiary/aromatic N) is 2. The topological polar surface area (TPSA) is 87.6 Å². The van der Waals surface area contributed by atoms with Gasteiger partial charge in [-0.2, -0.15) is 4.31 Å². The zero-order valence-electron chi connectivity index (χ0n) is 9.74. The maximum Gasteiger partial charge on any atom is 0.356 e. The molecule has 1 N–H and O–H groups in total. The maximum absolute atomic E-state index is 12.1. The van der Waals surface area contributed by atoms with Crippen molar-refractivity contribution in [2.24, 2.45) is 5.92 Å². The van der Waals surface area contributed by atoms with Crippen LogP contribution in [-0.2, 0) is 10.0 Å². The highest BCUT2D eigenvalue weighted by Crippen LogP contribution is 2.23. The third kappa shape index (κ3) is 3.02. The SMILES string of the molecule is CC(C)CN(C)S(=O)(=O)c1scnc1C(=O)O. The number of thiazole rings is 1. The van der Waals surface area contributed by atoms with Crippen molar-refractivity contribution < 1.29 is 18.3 Å². The van der Waals surface area contributed by atoms with Gasteiger partial charge in [0.25, 0.3) is 10.0 Å². The molecule has 0 fully saturated rings. The van der Waals surface area contributed by atoms with Crippen molar-refractivity contribution in [1.82, 2.24) is 9.29 Å². The van der Waals surface area contributed by atoms with E-state index in [1.807, 2.05) is 13.8 Å². The molecule has 0 aliphatic heterocycles. The quantitative estimate of drug-likeness (QED) is 0.872. The fourth-order valence-corrected chi connectivity index (χ4v) is 3.98. The molecule has 96 valence electrons. The lowest BCUT2D eigenvalue weighted by Crippen LogP contribution is -2.30. The van der Waals surface area contributed by atoms with Gasteiger partial charge in [-0.05, 0) is 5.92 Å². The fourth-order valence-electron chi connectivity index (χ4n) is 1.31. The minimum atomic E-state index is -3.76. The first-order valence-corrected chi connectivity index (χ1v) is 7.22. The summed E-state index contributed by atoms with van der Waals surface area (Å²) in [6.07, 6.45) is 0. The molecule has 8 heteroatoms. The summed E-state index contributed by atoms with van der Waals surface area (Å²) in [7, 11) is -2.33. The summed E-state index contributed by atoms with van der Waals surface area (Å²) in [6.45, 7) is 4.10. The molecule has 17 heavy (non-hydrogen) atoms. The lowest BCUT2D eigenvalue weighted by Gasteiger charge is -2.18. The predicted molar refractivity (Wildman–Crippen MR) is 63.7 cm³/mol. The molecule has 0 aliphatic rings. The lowest BCUT2D eigenvalue weighted by atomic mass is 10.2. The zero-order valence-corrected chi connectivity index (χ0v) is 11.4. The van der Waals surface area contributed by atoms with E-state index in [0.717, 1.165) is 15.6 Å². The van der Waals surface area contributed by atoms with Crippen LogP contribution in [0.1, 0.15) is 24.3 Å². The molecule has 1 aromatic rings. The van der Waals surface area contributed by atoms with Crippen LogP contribution < -0.4 is 0 Å². The third-order valence-corrected chi connectivity index (χ3v) is 5.17. The van der Waals surface area contributed by atoms with Crippen LogP contribution in [0, 0.1) is 5.92 Å². The van der Waals surface area contributed by atoms with Crippen molar-refractivity contribution in [3.63, 3.8) is 0 Å². The number of sulfonamides is 1. The molecule has 0 aromatic carbocycles. The molecule has 6 nitrogen and oxygen atoms in total. The highest BCUT2D eigenvalue weighted by molar-refractivity contribution is 7.91. The van der Waals surface area contributed by atoms with Gasteiger partial charge in [0.05, 0.1) is 5.51 Å². The van der Waals surface area contributed by atoms with Gasteiger partial charge in [-0.25, -0.2) is 18.2 Å². The second kappa shape index (κ2) is 5.11. The molecule has 0 saturated heterocycles. The number of hydrogen-bond acceptors (Lipinski definition) is 5. The highest BCUT2D eigenvalue weighted by Gasteiger charge is 2.29. The minimum Gasteiger partial charge on any atom is -0.476 e. The van der Waals surface area contributed by atoms with Crippen LogP contribution in [0.25, 0.3) is 0 Å². The van der Waals surface area contributed by atoms with E-state index >= 15 is 0 Å². The molecule has 0 radical (unpaired) electrons. The second-order valence-corrected chi connectivity index (χ2v) is 7.07. The Morgan fingerprint density at radius 1 is 1.59 bits per heavy atom. The van der Waals surface area contributed by atoms with Crippen molar-refractivity contribution in [2.75, 3.05) is 13.6 Å². The zero-order chi connectivity index (χ0) is 13.2. The summed E-state index contributed by atoms with van der Waals surface area (Å²) >= 11 is 0.819. The first kappa shape index (κ1) is 14.1. The average Bonchev–Trinajstić information content (AvgIpc) is 2.64. The van der Waals surface area contributed by atoms with Gasteiger partial charge < -0.3 is 5.11 Å². The molecule has 0 atom stereocenters. The number of carboxylic acids is 1. The van der Waals surface area contributed by atoms with Crippen LogP contribution in [0.4, 0.5) is 0 Å². The van der Waals surface area contributed by atoms with Gasteiger partial charge in [-0.15, -0.1) is 11.3 Å². The third-order valence-electron chi connectivity index (χ3n) is 2.00. The van der Waals surface area contributed by atoms with Crippen molar-refractivity contribution in [1.29, 1.82) is 0 Å². The van der Waals surface area contributed by atoms with Gasteiger partial charge >= 0.3 is 5.97 Å². The van der Waals surface area contributed by atoms with E-state index in [4.69, 9.17) is 5.11 Å². The van der Waals surface area contributed by atoms with E-state index in [1.165, 1.54) is 12.6 Å². The Hall–Kier alpha value is -0.990. The van der Waals surface area contributed by atoms with E-state index < -0.39 is 21.7 Å². The fraction of sp³-hybridized carbons (Fsp3) is 0.556. The van der Waals surface area contributed by atoms with Gasteiger partial charge in [0.2, 0.25) is 0 Å². The highest BCUT2D eigenvalue weighted by atomic mass is 32.2. The number of aromatic carboxylic acids is 1. The van der Waals surface area contributed by atoms with Crippen LogP contribution in [0.15, 0.2) is 9.72 Å². The van der Waals surface area contributed by atoms with Gasteiger partial charge in [0.1, 0.15) is 0 Å². The number of aromatic nitrogens is 1. The summed E-state index contributed by atoms with van der Waals surface area (Å²) in [5, 5.41) is 8.84. The van der Waals surface area contributed by atoms with Gasteiger partial charge in [0, 0.05) is 13.6 Å². The predicted octanol–water partition coefficient (Wildman–Crippen LogP) is 1.12. The second-order valence-electron chi connectivity index (χ2n) is 3.97. The summed E-state index contributed by atoms with van der Waals surface area (Å²) in [4.78, 5) is 14.4. The van der Waals surface area contributed by atoms with E-state index in [-0.39, 0.29) is 10.1 Å². The molecular weight excluding hydrogens is 264 g/mol. The van der Waals surface area contributed by atoms with E-state index in [0.29, 0.717) is 6.54 Å². The summed E-state index contributed by atoms with van der Waals surface area (Å²) < 4.78 is 25.1. The summed E-state index contributed by atoms with van der Waals surface area (Å²) in [5.74, 6) is -1.17. The standard InChI is InChI=1S/C9H14N2O4S2/c1-6(2)4-11(3)17(14,15)9-7(8(12)13)10-5-16-9/h5-6H,4H2,1-3H3,(H,12,13). The average molecular weight is 278 g/mol. The molecule has 0 saturated carbocycles. The lowest BCUT2D eigenvalue weighted by molar-refractivity contribution is 0.0687. The van der Waals surface area contributed by atoms with Gasteiger partial charge in [-0.3, -0.25) is 0 Å². The number of carboxylic acid groups (broad SMARTS) is 1. The van der Waals surface area contributed by atoms with Crippen molar-refractivity contribution in [3.05, 3.63) is 11.2 Å². The number of rotatable bonds is 5. The molecule has 0 unspecified atom stereocenters. The first-order valence-electron chi connectivity index (χ1n) is 4.90. The summed E-state index contributed by atoms with van der Waals surface area (Å²) in [6, 6.07) is 0. The van der Waals surface area contributed by atoms with Gasteiger partial charge in [0.15, 0.2) is 9.90 Å². The Kier molecular flexibility index (Phi) is 4.23. The summed E-state index contributed by atoms with van der Waals surface area (Å²) in [5.41, 5.74) is 0.810. The van der Waals surface area contributed by atoms with Crippen LogP contribution in [0.2, 0.25) is 0 Å². The Labute approximate surface area is 104 Å². The number of carbonyl (C=O) groups is 1. The van der Waals surface area contributed by atoms with Crippen LogP contribution in [0.3, 0.4) is 0 Å². The molecular formula is C9H14N2O4S2. The first-order chi connectivity index (χ1) is 7.76. The monoisotopic (exact) mass is 278 g/mol. The molecule has 0 bridgehead atoms. The Balaban J connectivity index is 3.13. The molecule has 0 aliphatic carbocycles. The molecule has 1 aromatic heterocycles. The van der Waals surface area contributed by atoms with E-state index in [1.54, 1.807) is 0 Å². The normalized spacial score (nSPS) is 12.3. The van der Waals surface area contributed by atoms with Crippen molar-refractivity contribution >= 4 is 27.3 Å². The van der Waals surface area contributed by atoms with Crippen molar-refractivity contribution in [2.45, 2.75) is 18.1 Å². The van der Waals surface area contributed by atoms with Crippen LogP contribution >= 0.6 is 11.3 Å². The molecule has 1 rings (SSSR count). The van der Waals surface area contributed by atoms with Gasteiger partial charge in [-0.1, -0.05) is 13.8 Å². The van der Waals surface area contributed by atoms with Crippen molar-refractivity contribution in [3.8, 4) is 0 Å². The Morgan fingerprint density at radius 2 is 2.18 bits per heavy atom. The van der Waals surface area contributed by atoms with Crippen LogP contribution in [-0.4, -0.2) is 42.4 Å². The van der Waals surface area contributed by atoms with Crippen LogP contribution in [0.5, 0.6) is 0 Å². The van der Waals surface area contributed by atoms with E-state index in [2.05, 4.69) is 4.98 Å². The molecule has 0 spiro atoms. The largest absolute Gasteiger partial charge is 0.476 e. The molecule has 0 amide bonds. The Bertz CT molecular complexity index is 507. The Morgan fingerprint density at radius 3 is 2.65 bits per heavy atom. The smallest absolute Gasteiger partial charge is 0.356 e. The van der Waals surface area contributed by atoms with E-state index in [9.17, 15) is 13.2 Å². The number of hydrogen-bond donors (Lipinski definition) is 1. The molecule has 1 heterocycles.